The lowest BCUT2D eigenvalue weighted by Crippen LogP contribution is -2.30. The van der Waals surface area contributed by atoms with E-state index < -0.39 is 11.6 Å². The van der Waals surface area contributed by atoms with E-state index in [9.17, 15) is 0 Å². The van der Waals surface area contributed by atoms with Crippen LogP contribution in [0.15, 0.2) is 0 Å². The summed E-state index contributed by atoms with van der Waals surface area (Å²) in [6.45, 7) is 3.88. The van der Waals surface area contributed by atoms with Crippen LogP contribution in [0, 0.1) is 5.92 Å². The van der Waals surface area contributed by atoms with Crippen molar-refractivity contribution in [1.82, 2.24) is 4.84 Å². The van der Waals surface area contributed by atoms with Gasteiger partial charge in [0.05, 0.1) is 6.10 Å². The van der Waals surface area contributed by atoms with E-state index in [1.165, 1.54) is 6.42 Å². The van der Waals surface area contributed by atoms with Crippen LogP contribution < -0.4 is 4.84 Å². The van der Waals surface area contributed by atoms with Crippen molar-refractivity contribution in [3.05, 3.63) is 0 Å². The van der Waals surface area contributed by atoms with Crippen LogP contribution in [0.25, 0.3) is 0 Å². The summed E-state index contributed by atoms with van der Waals surface area (Å²) >= 11 is 4.59. The summed E-state index contributed by atoms with van der Waals surface area (Å²) in [5.41, 5.74) is 0. The van der Waals surface area contributed by atoms with E-state index in [-0.39, 0.29) is 0 Å². The molecular weight excluding hydrogens is 214 g/mol. The highest BCUT2D eigenvalue weighted by molar-refractivity contribution is 7.51. The Balaban J connectivity index is 0.000000424. The zero-order valence-electron chi connectivity index (χ0n) is 7.49. The number of rotatable bonds is 2. The monoisotopic (exact) mass is 227 g/mol. The number of nitrogens with one attached hydrogen (secondary N) is 1. The van der Waals surface area contributed by atoms with Gasteiger partial charge in [-0.15, -0.1) is 0 Å². The van der Waals surface area contributed by atoms with Crippen molar-refractivity contribution in [2.75, 3.05) is 13.2 Å². The minimum atomic E-state index is -0.750. The molecule has 13 heavy (non-hydrogen) atoms. The van der Waals surface area contributed by atoms with E-state index in [1.807, 2.05) is 0 Å². The van der Waals surface area contributed by atoms with E-state index in [4.69, 9.17) is 24.9 Å². The van der Waals surface area contributed by atoms with Gasteiger partial charge in [-0.2, -0.15) is 8.42 Å². The maximum Gasteiger partial charge on any atom is 0.335 e. The maximum absolute atomic E-state index is 8.29. The molecule has 0 amide bonds. The standard InChI is InChI=1S/C7H14ClNO.O2S/c1-6-2-3-7(4-9-8)10-5-6;1-3-2/h6-7,9H,2-5H2,1H3;/t6-,7+;/m1./s1. The summed E-state index contributed by atoms with van der Waals surface area (Å²) < 4.78 is 22.1. The molecule has 1 heterocycles. The maximum atomic E-state index is 8.29. The average molecular weight is 228 g/mol. The molecule has 0 radical (unpaired) electrons. The van der Waals surface area contributed by atoms with E-state index in [0.717, 1.165) is 25.5 Å². The second-order valence-electron chi connectivity index (χ2n) is 3.04. The summed E-state index contributed by atoms with van der Waals surface area (Å²) in [7, 11) is 0. The Hall–Kier alpha value is 0.0300. The van der Waals surface area contributed by atoms with Crippen molar-refractivity contribution in [3.8, 4) is 0 Å². The average Bonchev–Trinajstić information content (AvgIpc) is 2.11. The molecule has 1 aliphatic rings. The van der Waals surface area contributed by atoms with Gasteiger partial charge in [-0.25, -0.2) is 4.84 Å². The van der Waals surface area contributed by atoms with Crippen LogP contribution in [0.2, 0.25) is 0 Å². The lowest BCUT2D eigenvalue weighted by Gasteiger charge is -2.26. The molecule has 0 spiro atoms. The molecule has 1 rings (SSSR count). The lowest BCUT2D eigenvalue weighted by molar-refractivity contribution is -0.00701. The van der Waals surface area contributed by atoms with Gasteiger partial charge in [0, 0.05) is 13.2 Å². The van der Waals surface area contributed by atoms with Gasteiger partial charge >= 0.3 is 11.6 Å². The number of halogens is 1. The number of hydrogen-bond acceptors (Lipinski definition) is 4. The highest BCUT2D eigenvalue weighted by atomic mass is 35.5. The van der Waals surface area contributed by atoms with Gasteiger partial charge in [0.15, 0.2) is 0 Å². The predicted octanol–water partition coefficient (Wildman–Crippen LogP) is 0.875. The quantitative estimate of drug-likeness (QED) is 0.712. The molecule has 0 aromatic carbocycles. The smallest absolute Gasteiger partial charge is 0.335 e. The molecule has 0 aliphatic carbocycles. The van der Waals surface area contributed by atoms with Crippen LogP contribution in [-0.2, 0) is 16.3 Å². The fourth-order valence-electron chi connectivity index (χ4n) is 1.18. The Morgan fingerprint density at radius 2 is 2.15 bits per heavy atom. The zero-order valence-corrected chi connectivity index (χ0v) is 9.07. The van der Waals surface area contributed by atoms with Gasteiger partial charge in [0.1, 0.15) is 0 Å². The van der Waals surface area contributed by atoms with E-state index in [0.29, 0.717) is 6.10 Å². The molecule has 0 aromatic heterocycles. The number of ether oxygens (including phenoxy) is 1. The Morgan fingerprint density at radius 1 is 1.54 bits per heavy atom. The van der Waals surface area contributed by atoms with Gasteiger partial charge in [-0.1, -0.05) is 6.92 Å². The lowest BCUT2D eigenvalue weighted by atomic mass is 10.0. The van der Waals surface area contributed by atoms with Crippen molar-refractivity contribution in [2.24, 2.45) is 5.92 Å². The van der Waals surface area contributed by atoms with Gasteiger partial charge in [-0.3, -0.25) is 0 Å². The van der Waals surface area contributed by atoms with Crippen molar-refractivity contribution in [1.29, 1.82) is 0 Å². The first kappa shape index (κ1) is 13.0. The Labute approximate surface area is 86.7 Å². The topological polar surface area (TPSA) is 55.4 Å². The SMILES string of the molecule is C[C@@H]1CC[C@@H](CNCl)OC1.O=S=O. The van der Waals surface area contributed by atoms with Crippen LogP contribution in [-0.4, -0.2) is 27.7 Å². The first-order chi connectivity index (χ1) is 6.24. The first-order valence-corrected chi connectivity index (χ1v) is 5.16. The Kier molecular flexibility index (Phi) is 8.64. The van der Waals surface area contributed by atoms with Crippen LogP contribution in [0.1, 0.15) is 19.8 Å². The van der Waals surface area contributed by atoms with E-state index >= 15 is 0 Å². The minimum absolute atomic E-state index is 0.341. The normalized spacial score (nSPS) is 27.2. The third kappa shape index (κ3) is 7.13. The predicted molar refractivity (Wildman–Crippen MR) is 50.9 cm³/mol. The zero-order chi connectivity index (χ0) is 10.1. The van der Waals surface area contributed by atoms with Crippen LogP contribution in [0.3, 0.4) is 0 Å². The highest BCUT2D eigenvalue weighted by Gasteiger charge is 2.17. The molecule has 1 saturated heterocycles. The van der Waals surface area contributed by atoms with Crippen LogP contribution in [0.4, 0.5) is 0 Å². The van der Waals surface area contributed by atoms with Gasteiger partial charge in [-0.05, 0) is 30.5 Å². The Bertz CT molecular complexity index is 156. The Morgan fingerprint density at radius 3 is 2.54 bits per heavy atom. The molecule has 1 N–H and O–H groups in total. The second kappa shape index (κ2) is 8.62. The fraction of sp³-hybridized carbons (Fsp3) is 1.00. The van der Waals surface area contributed by atoms with Crippen LogP contribution >= 0.6 is 11.8 Å². The number of hydrogen-bond donors (Lipinski definition) is 1. The van der Waals surface area contributed by atoms with Crippen molar-refractivity contribution < 1.29 is 13.2 Å². The molecule has 4 nitrogen and oxygen atoms in total. The molecular formula is C7H14ClNO3S. The minimum Gasteiger partial charge on any atom is -0.377 e. The second-order valence-corrected chi connectivity index (χ2v) is 3.45. The summed E-state index contributed by atoms with van der Waals surface area (Å²) in [6.07, 6.45) is 2.75. The molecule has 0 aromatic rings. The summed E-state index contributed by atoms with van der Waals surface area (Å²) in [6, 6.07) is 0. The van der Waals surface area contributed by atoms with Crippen molar-refractivity contribution >= 4 is 23.3 Å². The van der Waals surface area contributed by atoms with E-state index in [1.54, 1.807) is 0 Å². The van der Waals surface area contributed by atoms with E-state index in [2.05, 4.69) is 11.8 Å². The molecule has 0 unspecified atom stereocenters. The fourth-order valence-corrected chi connectivity index (χ4v) is 1.36. The van der Waals surface area contributed by atoms with Gasteiger partial charge in [0.25, 0.3) is 0 Å². The molecule has 0 bridgehead atoms. The largest absolute Gasteiger partial charge is 0.377 e. The first-order valence-electron chi connectivity index (χ1n) is 4.11. The molecule has 1 fully saturated rings. The summed E-state index contributed by atoms with van der Waals surface area (Å²) in [4.78, 5) is 2.60. The van der Waals surface area contributed by atoms with Crippen molar-refractivity contribution in [3.63, 3.8) is 0 Å². The van der Waals surface area contributed by atoms with Crippen molar-refractivity contribution in [2.45, 2.75) is 25.9 Å². The molecule has 0 saturated carbocycles. The highest BCUT2D eigenvalue weighted by Crippen LogP contribution is 2.17. The third-order valence-electron chi connectivity index (χ3n) is 1.90. The summed E-state index contributed by atoms with van der Waals surface area (Å²) in [5.74, 6) is 0.728. The van der Waals surface area contributed by atoms with Gasteiger partial charge in [0.2, 0.25) is 0 Å². The third-order valence-corrected chi connectivity index (χ3v) is 2.06. The van der Waals surface area contributed by atoms with Crippen LogP contribution in [0.5, 0.6) is 0 Å². The van der Waals surface area contributed by atoms with Gasteiger partial charge < -0.3 is 4.74 Å². The molecule has 2 atom stereocenters. The molecule has 78 valence electrons. The summed E-state index contributed by atoms with van der Waals surface area (Å²) in [5, 5.41) is 0. The molecule has 6 heteroatoms. The molecule has 1 aliphatic heterocycles.